The SMILES string of the molecule is O=C1C2CCCC2C(=O)N1C1(C(=O)O)CCC1. The highest BCUT2D eigenvalue weighted by molar-refractivity contribution is 6.09. The van der Waals surface area contributed by atoms with Crippen LogP contribution in [0, 0.1) is 11.8 Å². The molecule has 0 radical (unpaired) electrons. The van der Waals surface area contributed by atoms with Gasteiger partial charge in [0.2, 0.25) is 11.8 Å². The van der Waals surface area contributed by atoms with Gasteiger partial charge in [0.25, 0.3) is 0 Å². The van der Waals surface area contributed by atoms with E-state index in [0.717, 1.165) is 30.6 Å². The second kappa shape index (κ2) is 3.31. The molecule has 0 aromatic heterocycles. The van der Waals surface area contributed by atoms with Crippen molar-refractivity contribution in [3.05, 3.63) is 0 Å². The van der Waals surface area contributed by atoms with E-state index in [2.05, 4.69) is 0 Å². The summed E-state index contributed by atoms with van der Waals surface area (Å²) >= 11 is 0. The maximum Gasteiger partial charge on any atom is 0.330 e. The second-order valence-electron chi connectivity index (χ2n) is 5.35. The molecule has 3 aliphatic rings. The maximum atomic E-state index is 12.2. The first-order chi connectivity index (χ1) is 8.08. The zero-order chi connectivity index (χ0) is 12.2. The van der Waals surface area contributed by atoms with Crippen LogP contribution in [0.4, 0.5) is 0 Å². The quantitative estimate of drug-likeness (QED) is 0.720. The molecule has 0 aromatic rings. The lowest BCUT2D eigenvalue weighted by atomic mass is 9.75. The number of carbonyl (C=O) groups is 3. The number of amides is 2. The summed E-state index contributed by atoms with van der Waals surface area (Å²) in [7, 11) is 0. The molecule has 2 aliphatic carbocycles. The van der Waals surface area contributed by atoms with Gasteiger partial charge < -0.3 is 5.11 Å². The molecule has 5 nitrogen and oxygen atoms in total. The van der Waals surface area contributed by atoms with Crippen LogP contribution in [0.1, 0.15) is 38.5 Å². The summed E-state index contributed by atoms with van der Waals surface area (Å²) < 4.78 is 0. The summed E-state index contributed by atoms with van der Waals surface area (Å²) in [5.74, 6) is -1.97. The van der Waals surface area contributed by atoms with Gasteiger partial charge in [-0.05, 0) is 32.1 Å². The van der Waals surface area contributed by atoms with Crippen molar-refractivity contribution in [2.75, 3.05) is 0 Å². The van der Waals surface area contributed by atoms with Gasteiger partial charge in [-0.3, -0.25) is 14.5 Å². The Kier molecular flexibility index (Phi) is 2.09. The molecule has 1 N–H and O–H groups in total. The molecule has 1 saturated heterocycles. The summed E-state index contributed by atoms with van der Waals surface area (Å²) in [6, 6.07) is 0. The molecule has 1 heterocycles. The fourth-order valence-electron chi connectivity index (χ4n) is 3.46. The molecule has 17 heavy (non-hydrogen) atoms. The molecular formula is C12H15NO4. The van der Waals surface area contributed by atoms with E-state index in [1.807, 2.05) is 0 Å². The Labute approximate surface area is 98.8 Å². The van der Waals surface area contributed by atoms with Crippen LogP contribution in [0.15, 0.2) is 0 Å². The van der Waals surface area contributed by atoms with Crippen LogP contribution >= 0.6 is 0 Å². The Morgan fingerprint density at radius 3 is 2.00 bits per heavy atom. The van der Waals surface area contributed by atoms with Gasteiger partial charge in [-0.25, -0.2) is 4.79 Å². The molecular weight excluding hydrogens is 222 g/mol. The molecule has 2 amide bonds. The Balaban J connectivity index is 1.96. The zero-order valence-corrected chi connectivity index (χ0v) is 9.52. The zero-order valence-electron chi connectivity index (χ0n) is 9.52. The standard InChI is InChI=1S/C12H15NO4/c14-9-7-3-1-4-8(7)10(15)13(9)12(11(16)17)5-2-6-12/h7-8H,1-6H2,(H,16,17). The van der Waals surface area contributed by atoms with Crippen LogP contribution in [0.5, 0.6) is 0 Å². The van der Waals surface area contributed by atoms with Crippen LogP contribution in [0.2, 0.25) is 0 Å². The smallest absolute Gasteiger partial charge is 0.330 e. The van der Waals surface area contributed by atoms with Crippen molar-refractivity contribution in [1.82, 2.24) is 4.90 Å². The number of carboxylic acids is 1. The summed E-state index contributed by atoms with van der Waals surface area (Å²) in [6.07, 6.45) is 3.99. The highest BCUT2D eigenvalue weighted by Crippen LogP contribution is 2.47. The number of rotatable bonds is 2. The third-order valence-electron chi connectivity index (χ3n) is 4.60. The monoisotopic (exact) mass is 237 g/mol. The van der Waals surface area contributed by atoms with Crippen molar-refractivity contribution in [1.29, 1.82) is 0 Å². The van der Waals surface area contributed by atoms with Crippen molar-refractivity contribution in [3.63, 3.8) is 0 Å². The van der Waals surface area contributed by atoms with Gasteiger partial charge in [0.1, 0.15) is 5.54 Å². The van der Waals surface area contributed by atoms with Gasteiger partial charge in [-0.15, -0.1) is 0 Å². The van der Waals surface area contributed by atoms with Crippen LogP contribution in [-0.4, -0.2) is 33.3 Å². The van der Waals surface area contributed by atoms with E-state index in [9.17, 15) is 19.5 Å². The Morgan fingerprint density at radius 2 is 1.65 bits per heavy atom. The fraction of sp³-hybridized carbons (Fsp3) is 0.750. The van der Waals surface area contributed by atoms with E-state index >= 15 is 0 Å². The molecule has 92 valence electrons. The van der Waals surface area contributed by atoms with Gasteiger partial charge in [0.05, 0.1) is 11.8 Å². The molecule has 3 fully saturated rings. The number of hydrogen-bond acceptors (Lipinski definition) is 3. The van der Waals surface area contributed by atoms with E-state index < -0.39 is 11.5 Å². The number of imide groups is 1. The fourth-order valence-corrected chi connectivity index (χ4v) is 3.46. The van der Waals surface area contributed by atoms with Crippen LogP contribution < -0.4 is 0 Å². The second-order valence-corrected chi connectivity index (χ2v) is 5.35. The van der Waals surface area contributed by atoms with Crippen molar-refractivity contribution < 1.29 is 19.5 Å². The first-order valence-corrected chi connectivity index (χ1v) is 6.19. The number of carboxylic acid groups (broad SMARTS) is 1. The molecule has 0 aromatic carbocycles. The predicted molar refractivity (Wildman–Crippen MR) is 56.9 cm³/mol. The third-order valence-corrected chi connectivity index (χ3v) is 4.60. The number of hydrogen-bond donors (Lipinski definition) is 1. The molecule has 0 spiro atoms. The average Bonchev–Trinajstić information content (AvgIpc) is 2.75. The summed E-state index contributed by atoms with van der Waals surface area (Å²) in [6.45, 7) is 0. The number of aliphatic carboxylic acids is 1. The number of likely N-dealkylation sites (tertiary alicyclic amines) is 1. The minimum absolute atomic E-state index is 0.236. The molecule has 2 atom stereocenters. The van der Waals surface area contributed by atoms with Gasteiger partial charge in [-0.1, -0.05) is 6.42 Å². The lowest BCUT2D eigenvalue weighted by molar-refractivity contribution is -0.170. The normalized spacial score (nSPS) is 34.7. The first-order valence-electron chi connectivity index (χ1n) is 6.19. The molecule has 0 bridgehead atoms. The van der Waals surface area contributed by atoms with E-state index in [1.54, 1.807) is 0 Å². The molecule has 2 saturated carbocycles. The molecule has 2 unspecified atom stereocenters. The first kappa shape index (κ1) is 10.7. The minimum Gasteiger partial charge on any atom is -0.479 e. The van der Waals surface area contributed by atoms with Gasteiger partial charge in [0.15, 0.2) is 0 Å². The largest absolute Gasteiger partial charge is 0.479 e. The Morgan fingerprint density at radius 1 is 1.12 bits per heavy atom. The highest BCUT2D eigenvalue weighted by Gasteiger charge is 2.61. The topological polar surface area (TPSA) is 74.7 Å². The van der Waals surface area contributed by atoms with Crippen LogP contribution in [-0.2, 0) is 14.4 Å². The van der Waals surface area contributed by atoms with Crippen LogP contribution in [0.25, 0.3) is 0 Å². The number of nitrogens with zero attached hydrogens (tertiary/aromatic N) is 1. The average molecular weight is 237 g/mol. The van der Waals surface area contributed by atoms with Crippen molar-refractivity contribution in [3.8, 4) is 0 Å². The third kappa shape index (κ3) is 1.17. The summed E-state index contributed by atoms with van der Waals surface area (Å²) in [5, 5.41) is 9.30. The Hall–Kier alpha value is -1.39. The van der Waals surface area contributed by atoms with Crippen molar-refractivity contribution >= 4 is 17.8 Å². The minimum atomic E-state index is -1.21. The van der Waals surface area contributed by atoms with E-state index in [4.69, 9.17) is 0 Å². The van der Waals surface area contributed by atoms with Crippen LogP contribution in [0.3, 0.4) is 0 Å². The lowest BCUT2D eigenvalue weighted by Gasteiger charge is -2.43. The maximum absolute atomic E-state index is 12.2. The van der Waals surface area contributed by atoms with Gasteiger partial charge >= 0.3 is 5.97 Å². The number of carbonyl (C=O) groups excluding carboxylic acids is 2. The lowest BCUT2D eigenvalue weighted by Crippen LogP contribution is -2.61. The van der Waals surface area contributed by atoms with E-state index in [-0.39, 0.29) is 23.7 Å². The predicted octanol–water partition coefficient (Wildman–Crippen LogP) is 0.779. The van der Waals surface area contributed by atoms with Gasteiger partial charge in [-0.2, -0.15) is 0 Å². The van der Waals surface area contributed by atoms with Gasteiger partial charge in [0, 0.05) is 0 Å². The summed E-state index contributed by atoms with van der Waals surface area (Å²) in [5.41, 5.74) is -1.21. The highest BCUT2D eigenvalue weighted by atomic mass is 16.4. The molecule has 5 heteroatoms. The Bertz CT molecular complexity index is 391. The molecule has 3 rings (SSSR count). The van der Waals surface area contributed by atoms with E-state index in [0.29, 0.717) is 12.8 Å². The van der Waals surface area contributed by atoms with Crippen molar-refractivity contribution in [2.24, 2.45) is 11.8 Å². The summed E-state index contributed by atoms with van der Waals surface area (Å²) in [4.78, 5) is 36.8. The molecule has 1 aliphatic heterocycles. The van der Waals surface area contributed by atoms with E-state index in [1.165, 1.54) is 0 Å². The van der Waals surface area contributed by atoms with Crippen molar-refractivity contribution in [2.45, 2.75) is 44.1 Å². The number of fused-ring (bicyclic) bond motifs is 1.